The van der Waals surface area contributed by atoms with Gasteiger partial charge in [-0.25, -0.2) is 4.90 Å². The Kier molecular flexibility index (Phi) is 6.38. The molecule has 1 N–H and O–H groups in total. The number of nitrogens with zero attached hydrogens (tertiary/aromatic N) is 1. The Hall–Kier alpha value is -3.77. The third kappa shape index (κ3) is 4.30. The van der Waals surface area contributed by atoms with Gasteiger partial charge >= 0.3 is 0 Å². The van der Waals surface area contributed by atoms with Crippen LogP contribution in [0.25, 0.3) is 5.57 Å². The third-order valence-corrected chi connectivity index (χ3v) is 5.79. The van der Waals surface area contributed by atoms with Gasteiger partial charge in [0.1, 0.15) is 17.2 Å². The Labute approximate surface area is 197 Å². The van der Waals surface area contributed by atoms with Gasteiger partial charge in [0.25, 0.3) is 11.8 Å². The van der Waals surface area contributed by atoms with E-state index in [0.29, 0.717) is 39.9 Å². The lowest BCUT2D eigenvalue weighted by molar-refractivity contribution is -0.120. The lowest BCUT2D eigenvalue weighted by Crippen LogP contribution is -2.33. The zero-order chi connectivity index (χ0) is 23.5. The van der Waals surface area contributed by atoms with E-state index >= 15 is 0 Å². The van der Waals surface area contributed by atoms with E-state index in [9.17, 15) is 9.59 Å². The highest BCUT2D eigenvalue weighted by Crippen LogP contribution is 2.37. The van der Waals surface area contributed by atoms with Crippen molar-refractivity contribution in [2.75, 3.05) is 23.9 Å². The lowest BCUT2D eigenvalue weighted by atomic mass is 10.0. The summed E-state index contributed by atoms with van der Waals surface area (Å²) >= 11 is 6.28. The minimum absolute atomic E-state index is 0.189. The van der Waals surface area contributed by atoms with Crippen LogP contribution in [0.1, 0.15) is 18.1 Å². The topological polar surface area (TPSA) is 67.9 Å². The van der Waals surface area contributed by atoms with E-state index < -0.39 is 11.8 Å². The highest BCUT2D eigenvalue weighted by molar-refractivity contribution is 6.46. The summed E-state index contributed by atoms with van der Waals surface area (Å²) in [7, 11) is 1.57. The average Bonchev–Trinajstić information content (AvgIpc) is 3.06. The zero-order valence-corrected chi connectivity index (χ0v) is 19.3. The summed E-state index contributed by atoms with van der Waals surface area (Å²) in [6.45, 7) is 4.25. The van der Waals surface area contributed by atoms with Gasteiger partial charge < -0.3 is 14.8 Å². The van der Waals surface area contributed by atoms with Crippen LogP contribution in [0.5, 0.6) is 11.5 Å². The first-order valence-electron chi connectivity index (χ1n) is 10.5. The number of carbonyl (C=O) groups is 2. The van der Waals surface area contributed by atoms with Crippen molar-refractivity contribution < 1.29 is 19.1 Å². The second-order valence-electron chi connectivity index (χ2n) is 7.39. The lowest BCUT2D eigenvalue weighted by Gasteiger charge is -2.18. The second-order valence-corrected chi connectivity index (χ2v) is 7.80. The van der Waals surface area contributed by atoms with Crippen LogP contribution in [0.4, 0.5) is 11.4 Å². The summed E-state index contributed by atoms with van der Waals surface area (Å²) in [5, 5.41) is 3.63. The fraction of sp³-hybridized carbons (Fsp3) is 0.154. The van der Waals surface area contributed by atoms with Crippen LogP contribution in [0, 0.1) is 6.92 Å². The molecule has 6 nitrogen and oxygen atoms in total. The molecule has 168 valence electrons. The number of methoxy groups -OCH3 is 1. The number of nitrogens with one attached hydrogen (secondary N) is 1. The molecule has 3 aromatic carbocycles. The van der Waals surface area contributed by atoms with Gasteiger partial charge in [0.05, 0.1) is 25.0 Å². The van der Waals surface area contributed by atoms with Crippen molar-refractivity contribution in [1.82, 2.24) is 0 Å². The molecule has 1 heterocycles. The number of hydrogen-bond acceptors (Lipinski definition) is 5. The normalized spacial score (nSPS) is 13.5. The molecule has 33 heavy (non-hydrogen) atoms. The maximum atomic E-state index is 13.6. The number of anilines is 2. The Bertz CT molecular complexity index is 1230. The van der Waals surface area contributed by atoms with Crippen molar-refractivity contribution in [1.29, 1.82) is 0 Å². The number of carbonyl (C=O) groups excluding carboxylic acids is 2. The fourth-order valence-corrected chi connectivity index (χ4v) is 3.84. The summed E-state index contributed by atoms with van der Waals surface area (Å²) in [5.41, 5.74) is 2.82. The molecule has 0 aliphatic carbocycles. The van der Waals surface area contributed by atoms with Crippen LogP contribution in [0.3, 0.4) is 0 Å². The third-order valence-electron chi connectivity index (χ3n) is 5.38. The molecule has 1 aliphatic rings. The van der Waals surface area contributed by atoms with E-state index in [4.69, 9.17) is 21.1 Å². The van der Waals surface area contributed by atoms with Crippen molar-refractivity contribution >= 4 is 40.4 Å². The molecular weight excluding hydrogens is 440 g/mol. The molecule has 1 aliphatic heterocycles. The van der Waals surface area contributed by atoms with Crippen LogP contribution in [-0.4, -0.2) is 25.5 Å². The molecule has 0 saturated heterocycles. The van der Waals surface area contributed by atoms with E-state index in [1.165, 1.54) is 0 Å². The van der Waals surface area contributed by atoms with Gasteiger partial charge in [-0.1, -0.05) is 29.8 Å². The number of benzene rings is 3. The van der Waals surface area contributed by atoms with Gasteiger partial charge in [-0.3, -0.25) is 9.59 Å². The first-order chi connectivity index (χ1) is 15.9. The van der Waals surface area contributed by atoms with Gasteiger partial charge in [-0.05, 0) is 73.5 Å². The largest absolute Gasteiger partial charge is 0.497 e. The molecule has 0 spiro atoms. The maximum absolute atomic E-state index is 13.6. The Morgan fingerprint density at radius 3 is 2.21 bits per heavy atom. The van der Waals surface area contributed by atoms with Crippen molar-refractivity contribution in [2.24, 2.45) is 0 Å². The SMILES string of the molecule is CCOc1ccc(NC2=C(c3ccc(OC)cc3)C(=O)N(c3cccc(Cl)c3C)C2=O)cc1. The second kappa shape index (κ2) is 9.38. The van der Waals surface area contributed by atoms with Crippen molar-refractivity contribution in [2.45, 2.75) is 13.8 Å². The number of hydrogen-bond donors (Lipinski definition) is 1. The van der Waals surface area contributed by atoms with Crippen molar-refractivity contribution in [3.63, 3.8) is 0 Å². The summed E-state index contributed by atoms with van der Waals surface area (Å²) in [6.07, 6.45) is 0. The molecule has 0 fully saturated rings. The van der Waals surface area contributed by atoms with E-state index in [1.807, 2.05) is 6.92 Å². The fourth-order valence-electron chi connectivity index (χ4n) is 3.67. The molecule has 0 atom stereocenters. The molecule has 7 heteroatoms. The van der Waals surface area contributed by atoms with Crippen LogP contribution in [0.15, 0.2) is 72.4 Å². The van der Waals surface area contributed by atoms with Gasteiger partial charge in [-0.2, -0.15) is 0 Å². The van der Waals surface area contributed by atoms with Gasteiger partial charge in [0.15, 0.2) is 0 Å². The number of ether oxygens (including phenoxy) is 2. The predicted molar refractivity (Wildman–Crippen MR) is 130 cm³/mol. The number of halogens is 1. The number of rotatable bonds is 7. The standard InChI is InChI=1S/C26H23ClN2O4/c1-4-33-20-14-10-18(11-15-20)28-24-23(17-8-12-19(32-3)13-9-17)25(30)29(26(24)31)22-7-5-6-21(27)16(22)2/h5-15,28H,4H2,1-3H3. The summed E-state index contributed by atoms with van der Waals surface area (Å²) in [6, 6.07) is 19.4. The van der Waals surface area contributed by atoms with E-state index in [-0.39, 0.29) is 11.3 Å². The minimum atomic E-state index is -0.454. The summed E-state index contributed by atoms with van der Waals surface area (Å²) < 4.78 is 10.7. The highest BCUT2D eigenvalue weighted by Gasteiger charge is 2.41. The average molecular weight is 463 g/mol. The van der Waals surface area contributed by atoms with Crippen LogP contribution in [-0.2, 0) is 9.59 Å². The maximum Gasteiger partial charge on any atom is 0.282 e. The van der Waals surface area contributed by atoms with Gasteiger partial charge in [0, 0.05) is 10.7 Å². The predicted octanol–water partition coefficient (Wildman–Crippen LogP) is 5.45. The van der Waals surface area contributed by atoms with E-state index in [2.05, 4.69) is 5.32 Å². The minimum Gasteiger partial charge on any atom is -0.497 e. The molecule has 0 bridgehead atoms. The summed E-state index contributed by atoms with van der Waals surface area (Å²) in [5.74, 6) is 0.492. The zero-order valence-electron chi connectivity index (χ0n) is 18.5. The first-order valence-corrected chi connectivity index (χ1v) is 10.8. The number of imide groups is 1. The molecule has 0 unspecified atom stereocenters. The van der Waals surface area contributed by atoms with Crippen LogP contribution < -0.4 is 19.7 Å². The molecule has 2 amide bonds. The highest BCUT2D eigenvalue weighted by atomic mass is 35.5. The molecule has 3 aromatic rings. The molecule has 0 saturated carbocycles. The molecule has 4 rings (SSSR count). The summed E-state index contributed by atoms with van der Waals surface area (Å²) in [4.78, 5) is 28.3. The van der Waals surface area contributed by atoms with Crippen LogP contribution in [0.2, 0.25) is 5.02 Å². The van der Waals surface area contributed by atoms with Crippen molar-refractivity contribution in [3.05, 3.63) is 88.6 Å². The van der Waals surface area contributed by atoms with Gasteiger partial charge in [0.2, 0.25) is 0 Å². The Balaban J connectivity index is 1.79. The Morgan fingerprint density at radius 2 is 1.58 bits per heavy atom. The smallest absolute Gasteiger partial charge is 0.282 e. The number of amides is 2. The first kappa shape index (κ1) is 22.4. The Morgan fingerprint density at radius 1 is 0.909 bits per heavy atom. The van der Waals surface area contributed by atoms with Crippen molar-refractivity contribution in [3.8, 4) is 11.5 Å². The molecule has 0 aromatic heterocycles. The monoisotopic (exact) mass is 462 g/mol. The molecular formula is C26H23ClN2O4. The van der Waals surface area contributed by atoms with Gasteiger partial charge in [-0.15, -0.1) is 0 Å². The quantitative estimate of drug-likeness (QED) is 0.473. The van der Waals surface area contributed by atoms with E-state index in [1.54, 1.807) is 80.8 Å². The van der Waals surface area contributed by atoms with Crippen LogP contribution >= 0.6 is 11.6 Å². The van der Waals surface area contributed by atoms with E-state index in [0.717, 1.165) is 10.6 Å². The molecule has 0 radical (unpaired) electrons.